The number of carboxylic acids is 1. The number of hydrogen-bond donors (Lipinski definition) is 2. The van der Waals surface area contributed by atoms with Gasteiger partial charge >= 0.3 is 5.97 Å². The topological polar surface area (TPSA) is 91.2 Å². The monoisotopic (exact) mass is 635 g/mol. The Bertz CT molecular complexity index is 1750. The average Bonchev–Trinajstić information content (AvgIpc) is 3.08. The molecule has 47 heavy (non-hydrogen) atoms. The Morgan fingerprint density at radius 2 is 1.74 bits per heavy atom. The Morgan fingerprint density at radius 3 is 2.43 bits per heavy atom. The molecule has 0 aliphatic heterocycles. The molecule has 8 heteroatoms. The van der Waals surface area contributed by atoms with Crippen molar-refractivity contribution in [1.29, 1.82) is 0 Å². The zero-order chi connectivity index (χ0) is 33.3. The highest BCUT2D eigenvalue weighted by Crippen LogP contribution is 2.32. The highest BCUT2D eigenvalue weighted by molar-refractivity contribution is 5.94. The normalized spacial score (nSPS) is 13.4. The number of carbonyl (C=O) groups is 2. The van der Waals surface area contributed by atoms with Crippen LogP contribution in [-0.4, -0.2) is 35.8 Å². The summed E-state index contributed by atoms with van der Waals surface area (Å²) in [6, 6.07) is 23.8. The fourth-order valence-electron chi connectivity index (χ4n) is 5.94. The molecule has 0 atom stereocenters. The van der Waals surface area contributed by atoms with Crippen LogP contribution in [0.15, 0.2) is 83.9 Å². The van der Waals surface area contributed by atoms with Gasteiger partial charge in [0.05, 0.1) is 16.9 Å². The van der Waals surface area contributed by atoms with Gasteiger partial charge in [-0.25, -0.2) is 9.18 Å². The number of ether oxygens (including phenoxy) is 1. The summed E-state index contributed by atoms with van der Waals surface area (Å²) in [6.07, 6.45) is 7.43. The van der Waals surface area contributed by atoms with Crippen LogP contribution in [0.3, 0.4) is 0 Å². The molecule has 2 N–H and O–H groups in total. The SMILES string of the molecule is CCC(=O)N(CC)c1ccc(-c2ccc(C)cc2)c(COc2ccc(C=Nc3cc(C(=O)O)ccc3NC3CCCCC3)c(F)c2)c1. The van der Waals surface area contributed by atoms with E-state index in [9.17, 15) is 14.7 Å². The van der Waals surface area contributed by atoms with Gasteiger partial charge in [-0.2, -0.15) is 0 Å². The van der Waals surface area contributed by atoms with E-state index in [1.165, 1.54) is 24.8 Å². The summed E-state index contributed by atoms with van der Waals surface area (Å²) in [7, 11) is 0. The number of benzene rings is 4. The maximum atomic E-state index is 15.4. The summed E-state index contributed by atoms with van der Waals surface area (Å²) in [6.45, 7) is 6.54. The van der Waals surface area contributed by atoms with Gasteiger partial charge in [0.25, 0.3) is 0 Å². The molecule has 0 radical (unpaired) electrons. The number of hydrogen-bond acceptors (Lipinski definition) is 5. The molecule has 1 aliphatic rings. The summed E-state index contributed by atoms with van der Waals surface area (Å²) in [4.78, 5) is 30.5. The minimum Gasteiger partial charge on any atom is -0.489 e. The lowest BCUT2D eigenvalue weighted by Gasteiger charge is -2.24. The highest BCUT2D eigenvalue weighted by Gasteiger charge is 2.17. The lowest BCUT2D eigenvalue weighted by Crippen LogP contribution is -2.29. The van der Waals surface area contributed by atoms with E-state index in [1.54, 1.807) is 29.2 Å². The van der Waals surface area contributed by atoms with Crippen molar-refractivity contribution in [2.75, 3.05) is 16.8 Å². The molecule has 0 aromatic heterocycles. The standard InChI is InChI=1S/C39H42FN3O4/c1-4-38(44)43(5-2)32-17-19-34(27-13-11-26(3)12-14-27)30(21-32)25-47-33-18-15-29(35(40)23-33)24-41-37-22-28(39(45)46)16-20-36(37)42-31-9-7-6-8-10-31/h11-24,31,42H,4-10,25H2,1-3H3,(H,45,46). The molecule has 244 valence electrons. The molecular formula is C39H42FN3O4. The molecule has 0 spiro atoms. The first-order valence-electron chi connectivity index (χ1n) is 16.4. The van der Waals surface area contributed by atoms with Crippen molar-refractivity contribution >= 4 is 35.2 Å². The maximum absolute atomic E-state index is 15.4. The van der Waals surface area contributed by atoms with Crippen LogP contribution in [0.2, 0.25) is 0 Å². The first-order valence-corrected chi connectivity index (χ1v) is 16.4. The second-order valence-corrected chi connectivity index (χ2v) is 11.9. The summed E-state index contributed by atoms with van der Waals surface area (Å²) in [5, 5.41) is 13.0. The van der Waals surface area contributed by atoms with Crippen molar-refractivity contribution in [1.82, 2.24) is 0 Å². The zero-order valence-corrected chi connectivity index (χ0v) is 27.3. The molecular weight excluding hydrogens is 593 g/mol. The van der Waals surface area contributed by atoms with Gasteiger partial charge in [-0.05, 0) is 85.8 Å². The van der Waals surface area contributed by atoms with Crippen molar-refractivity contribution in [3.05, 3.63) is 107 Å². The number of aryl methyl sites for hydroxylation is 1. The van der Waals surface area contributed by atoms with Gasteiger partial charge < -0.3 is 20.1 Å². The number of carboxylic acid groups (broad SMARTS) is 1. The third-order valence-electron chi connectivity index (χ3n) is 8.60. The maximum Gasteiger partial charge on any atom is 0.335 e. The number of aliphatic imine (C=N–C) groups is 1. The highest BCUT2D eigenvalue weighted by atomic mass is 19.1. The summed E-state index contributed by atoms with van der Waals surface area (Å²) >= 11 is 0. The second kappa shape index (κ2) is 15.5. The summed E-state index contributed by atoms with van der Waals surface area (Å²) in [5.74, 6) is -1.17. The third-order valence-corrected chi connectivity index (χ3v) is 8.60. The molecule has 4 aromatic rings. The largest absolute Gasteiger partial charge is 0.489 e. The average molecular weight is 636 g/mol. The fourth-order valence-corrected chi connectivity index (χ4v) is 5.94. The van der Waals surface area contributed by atoms with Gasteiger partial charge in [0, 0.05) is 42.5 Å². The quantitative estimate of drug-likeness (QED) is 0.151. The summed E-state index contributed by atoms with van der Waals surface area (Å²) < 4.78 is 21.5. The third kappa shape index (κ3) is 8.44. The van der Waals surface area contributed by atoms with Gasteiger partial charge in [0.2, 0.25) is 5.91 Å². The molecule has 7 nitrogen and oxygen atoms in total. The van der Waals surface area contributed by atoms with Crippen LogP contribution in [0.25, 0.3) is 11.1 Å². The number of carbonyl (C=O) groups excluding carboxylic acids is 1. The van der Waals surface area contributed by atoms with Crippen LogP contribution in [0.1, 0.15) is 79.4 Å². The van der Waals surface area contributed by atoms with E-state index in [1.807, 2.05) is 39.0 Å². The van der Waals surface area contributed by atoms with E-state index in [0.29, 0.717) is 30.4 Å². The molecule has 1 amide bonds. The van der Waals surface area contributed by atoms with Gasteiger partial charge in [-0.1, -0.05) is 62.1 Å². The van der Waals surface area contributed by atoms with Crippen LogP contribution in [0.4, 0.5) is 21.5 Å². The molecule has 1 saturated carbocycles. The molecule has 0 bridgehead atoms. The van der Waals surface area contributed by atoms with Gasteiger partial charge in [-0.3, -0.25) is 9.79 Å². The van der Waals surface area contributed by atoms with Crippen LogP contribution in [0.5, 0.6) is 5.75 Å². The van der Waals surface area contributed by atoms with E-state index < -0.39 is 11.8 Å². The number of aromatic carboxylic acids is 1. The van der Waals surface area contributed by atoms with Crippen LogP contribution in [-0.2, 0) is 11.4 Å². The van der Waals surface area contributed by atoms with Gasteiger partial charge in [0.15, 0.2) is 0 Å². The van der Waals surface area contributed by atoms with Crippen LogP contribution in [0, 0.1) is 12.7 Å². The number of rotatable bonds is 12. The van der Waals surface area contributed by atoms with E-state index in [2.05, 4.69) is 34.6 Å². The number of amides is 1. The lowest BCUT2D eigenvalue weighted by molar-refractivity contribution is -0.118. The molecule has 0 unspecified atom stereocenters. The van der Waals surface area contributed by atoms with Crippen molar-refractivity contribution in [2.24, 2.45) is 4.99 Å². The van der Waals surface area contributed by atoms with E-state index in [-0.39, 0.29) is 23.6 Å². The minimum atomic E-state index is -1.05. The first-order chi connectivity index (χ1) is 22.7. The van der Waals surface area contributed by atoms with Gasteiger partial charge in [0.1, 0.15) is 18.2 Å². The Labute approximate surface area is 276 Å². The Hall–Kier alpha value is -4.98. The minimum absolute atomic E-state index is 0.0355. The first kappa shape index (κ1) is 33.4. The number of nitrogens with zero attached hydrogens (tertiary/aromatic N) is 2. The van der Waals surface area contributed by atoms with E-state index in [0.717, 1.165) is 59.3 Å². The Balaban J connectivity index is 1.37. The van der Waals surface area contributed by atoms with Crippen molar-refractivity contribution in [3.63, 3.8) is 0 Å². The molecule has 4 aromatic carbocycles. The predicted molar refractivity (Wildman–Crippen MR) is 187 cm³/mol. The molecule has 0 saturated heterocycles. The zero-order valence-electron chi connectivity index (χ0n) is 27.3. The summed E-state index contributed by atoms with van der Waals surface area (Å²) in [5.41, 5.74) is 6.35. The molecule has 1 fully saturated rings. The number of anilines is 2. The van der Waals surface area contributed by atoms with E-state index in [4.69, 9.17) is 4.74 Å². The van der Waals surface area contributed by atoms with Gasteiger partial charge in [-0.15, -0.1) is 0 Å². The molecule has 1 aliphatic carbocycles. The molecule has 5 rings (SSSR count). The fraction of sp³-hybridized carbons (Fsp3) is 0.308. The smallest absolute Gasteiger partial charge is 0.335 e. The van der Waals surface area contributed by atoms with Crippen LogP contribution < -0.4 is 15.0 Å². The van der Waals surface area contributed by atoms with Crippen molar-refractivity contribution < 1.29 is 23.8 Å². The second-order valence-electron chi connectivity index (χ2n) is 11.9. The van der Waals surface area contributed by atoms with Crippen molar-refractivity contribution in [2.45, 2.75) is 71.9 Å². The molecule has 0 heterocycles. The van der Waals surface area contributed by atoms with Crippen LogP contribution >= 0.6 is 0 Å². The van der Waals surface area contributed by atoms with E-state index >= 15 is 4.39 Å². The lowest BCUT2D eigenvalue weighted by atomic mass is 9.95. The Kier molecular flexibility index (Phi) is 11.0. The van der Waals surface area contributed by atoms with Crippen molar-refractivity contribution in [3.8, 4) is 16.9 Å². The number of nitrogens with one attached hydrogen (secondary N) is 1. The Morgan fingerprint density at radius 1 is 0.979 bits per heavy atom. The number of halogens is 1. The predicted octanol–water partition coefficient (Wildman–Crippen LogP) is 9.34.